The summed E-state index contributed by atoms with van der Waals surface area (Å²) in [5.41, 5.74) is 5.36. The van der Waals surface area contributed by atoms with Crippen LogP contribution in [0.1, 0.15) is 13.8 Å². The molecule has 6 nitrogen and oxygen atoms in total. The zero-order chi connectivity index (χ0) is 12.7. The highest BCUT2D eigenvalue weighted by Crippen LogP contribution is 2.01. The Kier molecular flexibility index (Phi) is 6.36. The maximum Gasteiger partial charge on any atom is 0.333 e. The normalized spacial score (nSPS) is 13.8. The van der Waals surface area contributed by atoms with Gasteiger partial charge in [-0.1, -0.05) is 6.58 Å². The molecule has 0 amide bonds. The number of aliphatic hydroxyl groups excluding tert-OH is 1. The first-order valence-corrected chi connectivity index (χ1v) is 4.79. The summed E-state index contributed by atoms with van der Waals surface area (Å²) in [6, 6.07) is 0. The van der Waals surface area contributed by atoms with E-state index in [1.165, 1.54) is 13.8 Å². The van der Waals surface area contributed by atoms with Crippen LogP contribution >= 0.6 is 0 Å². The molecule has 0 aromatic rings. The van der Waals surface area contributed by atoms with Gasteiger partial charge < -0.3 is 20.3 Å². The Hall–Kier alpha value is -1.40. The molecule has 6 heteroatoms. The third-order valence-corrected chi connectivity index (χ3v) is 1.79. The number of carbonyl (C=O) groups is 2. The Balaban J connectivity index is 3.71. The third kappa shape index (κ3) is 5.47. The molecule has 16 heavy (non-hydrogen) atoms. The first kappa shape index (κ1) is 14.6. The molecule has 0 saturated carbocycles. The standard InChI is InChI=1S/C10H17NO5/c1-6(2)9(13)15-4-5-16-10(14)7(3)8(11)12/h7-8,12H,1,4-5,11H2,2-3H3. The van der Waals surface area contributed by atoms with Crippen molar-refractivity contribution in [2.75, 3.05) is 13.2 Å². The van der Waals surface area contributed by atoms with Gasteiger partial charge in [-0.05, 0) is 13.8 Å². The van der Waals surface area contributed by atoms with Gasteiger partial charge in [-0.15, -0.1) is 0 Å². The van der Waals surface area contributed by atoms with Gasteiger partial charge >= 0.3 is 11.9 Å². The monoisotopic (exact) mass is 231 g/mol. The quantitative estimate of drug-likeness (QED) is 0.278. The Morgan fingerprint density at radius 3 is 2.31 bits per heavy atom. The number of carbonyl (C=O) groups excluding carboxylic acids is 2. The maximum atomic E-state index is 11.1. The fraction of sp³-hybridized carbons (Fsp3) is 0.600. The molecule has 0 aliphatic heterocycles. The number of rotatable bonds is 6. The van der Waals surface area contributed by atoms with Gasteiger partial charge in [0.25, 0.3) is 0 Å². The van der Waals surface area contributed by atoms with Gasteiger partial charge in [0, 0.05) is 5.57 Å². The largest absolute Gasteiger partial charge is 0.462 e. The lowest BCUT2D eigenvalue weighted by atomic mass is 10.1. The van der Waals surface area contributed by atoms with Crippen molar-refractivity contribution in [2.45, 2.75) is 20.1 Å². The van der Waals surface area contributed by atoms with E-state index >= 15 is 0 Å². The Morgan fingerprint density at radius 2 is 1.88 bits per heavy atom. The van der Waals surface area contributed by atoms with Crippen LogP contribution < -0.4 is 5.73 Å². The molecule has 0 aromatic carbocycles. The van der Waals surface area contributed by atoms with Gasteiger partial charge in [-0.3, -0.25) is 4.79 Å². The lowest BCUT2D eigenvalue weighted by Crippen LogP contribution is -2.34. The SMILES string of the molecule is C=C(C)C(=O)OCCOC(=O)C(C)C(N)O. The molecular weight excluding hydrogens is 214 g/mol. The topological polar surface area (TPSA) is 98.9 Å². The molecule has 0 aliphatic carbocycles. The van der Waals surface area contributed by atoms with Crippen molar-refractivity contribution in [1.29, 1.82) is 0 Å². The number of esters is 2. The number of ether oxygens (including phenoxy) is 2. The lowest BCUT2D eigenvalue weighted by Gasteiger charge is -2.13. The summed E-state index contributed by atoms with van der Waals surface area (Å²) >= 11 is 0. The third-order valence-electron chi connectivity index (χ3n) is 1.79. The van der Waals surface area contributed by atoms with E-state index in [1.54, 1.807) is 0 Å². The van der Waals surface area contributed by atoms with E-state index in [9.17, 15) is 9.59 Å². The first-order chi connectivity index (χ1) is 7.36. The van der Waals surface area contributed by atoms with Crippen molar-refractivity contribution in [2.24, 2.45) is 11.7 Å². The molecule has 0 heterocycles. The molecule has 0 radical (unpaired) electrons. The molecule has 0 aliphatic rings. The van der Waals surface area contributed by atoms with Crippen LogP contribution in [0.25, 0.3) is 0 Å². The zero-order valence-electron chi connectivity index (χ0n) is 9.43. The Labute approximate surface area is 94.0 Å². The minimum absolute atomic E-state index is 0.0508. The highest BCUT2D eigenvalue weighted by atomic mass is 16.6. The second-order valence-corrected chi connectivity index (χ2v) is 3.36. The maximum absolute atomic E-state index is 11.1. The summed E-state index contributed by atoms with van der Waals surface area (Å²) in [7, 11) is 0. The van der Waals surface area contributed by atoms with E-state index in [4.69, 9.17) is 15.6 Å². The molecule has 0 bridgehead atoms. The van der Waals surface area contributed by atoms with Crippen molar-refractivity contribution in [1.82, 2.24) is 0 Å². The van der Waals surface area contributed by atoms with Crippen LogP contribution in [-0.4, -0.2) is 36.5 Å². The van der Waals surface area contributed by atoms with Crippen LogP contribution in [0, 0.1) is 5.92 Å². The summed E-state index contributed by atoms with van der Waals surface area (Å²) in [6.45, 7) is 6.22. The fourth-order valence-corrected chi connectivity index (χ4v) is 0.671. The van der Waals surface area contributed by atoms with Crippen molar-refractivity contribution in [3.8, 4) is 0 Å². The van der Waals surface area contributed by atoms with Gasteiger partial charge in [0.2, 0.25) is 0 Å². The lowest BCUT2D eigenvalue weighted by molar-refractivity contribution is -0.156. The molecule has 0 aromatic heterocycles. The summed E-state index contributed by atoms with van der Waals surface area (Å²) in [4.78, 5) is 22.1. The van der Waals surface area contributed by atoms with E-state index in [-0.39, 0.29) is 18.8 Å². The molecule has 0 spiro atoms. The first-order valence-electron chi connectivity index (χ1n) is 4.79. The summed E-state index contributed by atoms with van der Waals surface area (Å²) < 4.78 is 9.39. The summed E-state index contributed by atoms with van der Waals surface area (Å²) in [6.07, 6.45) is -1.26. The molecule has 0 rings (SSSR count). The van der Waals surface area contributed by atoms with Gasteiger partial charge in [0.05, 0.1) is 5.92 Å². The van der Waals surface area contributed by atoms with Crippen molar-refractivity contribution < 1.29 is 24.2 Å². The van der Waals surface area contributed by atoms with E-state index < -0.39 is 24.1 Å². The van der Waals surface area contributed by atoms with Crippen molar-refractivity contribution >= 4 is 11.9 Å². The Bertz CT molecular complexity index is 274. The second kappa shape index (κ2) is 6.97. The average Bonchev–Trinajstić information content (AvgIpc) is 2.22. The molecular formula is C10H17NO5. The van der Waals surface area contributed by atoms with Crippen LogP contribution in [0.4, 0.5) is 0 Å². The molecule has 3 N–H and O–H groups in total. The van der Waals surface area contributed by atoms with E-state index in [1.807, 2.05) is 0 Å². The van der Waals surface area contributed by atoms with Crippen molar-refractivity contribution in [3.63, 3.8) is 0 Å². The molecule has 0 saturated heterocycles. The minimum atomic E-state index is -1.26. The van der Waals surface area contributed by atoms with Gasteiger partial charge in [-0.25, -0.2) is 4.79 Å². The number of nitrogens with two attached hydrogens (primary N) is 1. The smallest absolute Gasteiger partial charge is 0.333 e. The fourth-order valence-electron chi connectivity index (χ4n) is 0.671. The van der Waals surface area contributed by atoms with Gasteiger partial charge in [-0.2, -0.15) is 0 Å². The van der Waals surface area contributed by atoms with Crippen LogP contribution in [0.3, 0.4) is 0 Å². The number of aliphatic hydroxyl groups is 1. The van der Waals surface area contributed by atoms with Gasteiger partial charge in [0.15, 0.2) is 0 Å². The van der Waals surface area contributed by atoms with E-state index in [2.05, 4.69) is 11.3 Å². The van der Waals surface area contributed by atoms with Crippen molar-refractivity contribution in [3.05, 3.63) is 12.2 Å². The molecule has 2 unspecified atom stereocenters. The van der Waals surface area contributed by atoms with Crippen LogP contribution in [0.15, 0.2) is 12.2 Å². The Morgan fingerprint density at radius 1 is 1.38 bits per heavy atom. The minimum Gasteiger partial charge on any atom is -0.462 e. The highest BCUT2D eigenvalue weighted by molar-refractivity contribution is 5.86. The van der Waals surface area contributed by atoms with Crippen LogP contribution in [-0.2, 0) is 19.1 Å². The number of hydrogen-bond donors (Lipinski definition) is 2. The van der Waals surface area contributed by atoms with E-state index in [0.717, 1.165) is 0 Å². The predicted octanol–water partition coefficient (Wildman–Crippen LogP) is -0.438. The summed E-state index contributed by atoms with van der Waals surface area (Å²) in [5.74, 6) is -1.99. The van der Waals surface area contributed by atoms with E-state index in [0.29, 0.717) is 0 Å². The van der Waals surface area contributed by atoms with Crippen LogP contribution in [0.2, 0.25) is 0 Å². The molecule has 92 valence electrons. The number of hydrogen-bond acceptors (Lipinski definition) is 6. The zero-order valence-corrected chi connectivity index (χ0v) is 9.43. The molecule has 0 fully saturated rings. The average molecular weight is 231 g/mol. The van der Waals surface area contributed by atoms with Gasteiger partial charge in [0.1, 0.15) is 19.4 Å². The molecule has 2 atom stereocenters. The second-order valence-electron chi connectivity index (χ2n) is 3.36. The summed E-state index contributed by atoms with van der Waals surface area (Å²) in [5, 5.41) is 8.89. The predicted molar refractivity (Wildman–Crippen MR) is 56.1 cm³/mol. The highest BCUT2D eigenvalue weighted by Gasteiger charge is 2.19. The van der Waals surface area contributed by atoms with Crippen LogP contribution in [0.5, 0.6) is 0 Å².